The van der Waals surface area contributed by atoms with Crippen molar-refractivity contribution >= 4 is 17.5 Å². The first-order valence-corrected chi connectivity index (χ1v) is 7.32. The number of amides is 1. The quantitative estimate of drug-likeness (QED) is 0.587. The smallest absolute Gasteiger partial charge is 0.223 e. The molecule has 0 aliphatic heterocycles. The fourth-order valence-electron chi connectivity index (χ4n) is 2.23. The molecule has 104 valence electrons. The largest absolute Gasteiger partial charge is 0.380 e. The Kier molecular flexibility index (Phi) is 5.67. The molecule has 1 amide bonds. The zero-order valence-electron chi connectivity index (χ0n) is 11.0. The van der Waals surface area contributed by atoms with Gasteiger partial charge in [-0.2, -0.15) is 0 Å². The van der Waals surface area contributed by atoms with Crippen molar-refractivity contribution in [2.45, 2.75) is 18.8 Å². The lowest BCUT2D eigenvalue weighted by molar-refractivity contribution is -0.122. The van der Waals surface area contributed by atoms with Gasteiger partial charge in [0, 0.05) is 24.9 Å². The molecule has 0 radical (unpaired) electrons. The van der Waals surface area contributed by atoms with E-state index in [1.54, 1.807) is 0 Å². The summed E-state index contributed by atoms with van der Waals surface area (Å²) in [5, 5.41) is 2.97. The maximum absolute atomic E-state index is 11.9. The molecule has 1 aliphatic carbocycles. The van der Waals surface area contributed by atoms with Gasteiger partial charge in [-0.1, -0.05) is 30.3 Å². The third-order valence-electron chi connectivity index (χ3n) is 3.34. The van der Waals surface area contributed by atoms with Crippen molar-refractivity contribution in [2.24, 2.45) is 5.92 Å². The van der Waals surface area contributed by atoms with E-state index in [0.717, 1.165) is 12.8 Å². The van der Waals surface area contributed by atoms with Crippen molar-refractivity contribution in [3.63, 3.8) is 0 Å². The minimum absolute atomic E-state index is 0.158. The molecule has 0 saturated heterocycles. The number of hydrogen-bond donors (Lipinski definition) is 1. The van der Waals surface area contributed by atoms with Crippen LogP contribution in [0, 0.1) is 5.92 Å². The van der Waals surface area contributed by atoms with Crippen LogP contribution < -0.4 is 5.32 Å². The number of carbonyl (C=O) groups is 1. The van der Waals surface area contributed by atoms with E-state index in [0.29, 0.717) is 31.6 Å². The van der Waals surface area contributed by atoms with Crippen molar-refractivity contribution in [1.82, 2.24) is 5.32 Å². The summed E-state index contributed by atoms with van der Waals surface area (Å²) < 4.78 is 5.25. The molecule has 19 heavy (non-hydrogen) atoms. The molecule has 2 atom stereocenters. The molecule has 0 bridgehead atoms. The first-order valence-electron chi connectivity index (χ1n) is 6.79. The van der Waals surface area contributed by atoms with Crippen LogP contribution in [0.1, 0.15) is 24.3 Å². The number of alkyl halides is 1. The molecule has 1 aromatic rings. The molecule has 2 rings (SSSR count). The predicted octanol–water partition coefficient (Wildman–Crippen LogP) is 2.55. The van der Waals surface area contributed by atoms with Gasteiger partial charge in [-0.25, -0.2) is 0 Å². The highest BCUT2D eigenvalue weighted by Crippen LogP contribution is 2.47. The third kappa shape index (κ3) is 4.51. The average molecular weight is 282 g/mol. The monoisotopic (exact) mass is 281 g/mol. The summed E-state index contributed by atoms with van der Waals surface area (Å²) in [5.74, 6) is 1.26. The molecule has 1 aliphatic rings. The van der Waals surface area contributed by atoms with Crippen LogP contribution in [-0.2, 0) is 9.53 Å². The Hall–Kier alpha value is -1.06. The topological polar surface area (TPSA) is 38.3 Å². The number of halogens is 1. The van der Waals surface area contributed by atoms with Gasteiger partial charge >= 0.3 is 0 Å². The van der Waals surface area contributed by atoms with Gasteiger partial charge in [-0.05, 0) is 24.3 Å². The summed E-state index contributed by atoms with van der Waals surface area (Å²) in [4.78, 5) is 11.9. The van der Waals surface area contributed by atoms with Crippen LogP contribution >= 0.6 is 11.6 Å². The molecule has 2 unspecified atom stereocenters. The van der Waals surface area contributed by atoms with E-state index < -0.39 is 0 Å². The minimum Gasteiger partial charge on any atom is -0.380 e. The van der Waals surface area contributed by atoms with Crippen LogP contribution in [0.5, 0.6) is 0 Å². The lowest BCUT2D eigenvalue weighted by Gasteiger charge is -2.05. The summed E-state index contributed by atoms with van der Waals surface area (Å²) in [6.45, 7) is 1.91. The summed E-state index contributed by atoms with van der Waals surface area (Å²) >= 11 is 5.49. The summed E-state index contributed by atoms with van der Waals surface area (Å²) in [6.07, 6.45) is 1.81. The molecular formula is C15H20ClNO2. The molecule has 1 saturated carbocycles. The fourth-order valence-corrected chi connectivity index (χ4v) is 2.34. The highest BCUT2D eigenvalue weighted by Gasteiger charge is 2.43. The number of ether oxygens (including phenoxy) is 1. The first kappa shape index (κ1) is 14.4. The zero-order chi connectivity index (χ0) is 13.5. The Bertz CT molecular complexity index is 396. The number of nitrogens with one attached hydrogen (secondary N) is 1. The van der Waals surface area contributed by atoms with Crippen LogP contribution in [0.25, 0.3) is 0 Å². The van der Waals surface area contributed by atoms with Crippen LogP contribution in [-0.4, -0.2) is 31.5 Å². The molecule has 0 spiro atoms. The first-order chi connectivity index (χ1) is 9.33. The van der Waals surface area contributed by atoms with E-state index in [2.05, 4.69) is 17.4 Å². The molecule has 0 heterocycles. The van der Waals surface area contributed by atoms with Gasteiger partial charge in [0.15, 0.2) is 0 Å². The van der Waals surface area contributed by atoms with Crippen LogP contribution in [0.2, 0.25) is 0 Å². The van der Waals surface area contributed by atoms with Gasteiger partial charge in [0.25, 0.3) is 0 Å². The van der Waals surface area contributed by atoms with Crippen molar-refractivity contribution in [3.05, 3.63) is 35.9 Å². The highest BCUT2D eigenvalue weighted by molar-refractivity contribution is 6.17. The van der Waals surface area contributed by atoms with Crippen LogP contribution in [0.3, 0.4) is 0 Å². The second-order valence-electron chi connectivity index (χ2n) is 4.81. The van der Waals surface area contributed by atoms with E-state index in [4.69, 9.17) is 16.3 Å². The normalized spacial score (nSPS) is 21.1. The second-order valence-corrected chi connectivity index (χ2v) is 5.18. The van der Waals surface area contributed by atoms with Gasteiger partial charge in [0.2, 0.25) is 5.91 Å². The Morgan fingerprint density at radius 1 is 1.32 bits per heavy atom. The maximum Gasteiger partial charge on any atom is 0.223 e. The summed E-state index contributed by atoms with van der Waals surface area (Å²) in [5.41, 5.74) is 1.27. The maximum atomic E-state index is 11.9. The molecule has 1 fully saturated rings. The standard InChI is InChI=1S/C15H20ClNO2/c16-7-10-19-9-4-8-17-15(18)14-11-13(14)12-5-2-1-3-6-12/h1-3,5-6,13-14H,4,7-11H2,(H,17,18). The zero-order valence-corrected chi connectivity index (χ0v) is 11.7. The predicted molar refractivity (Wildman–Crippen MR) is 76.5 cm³/mol. The Labute approximate surface area is 119 Å². The van der Waals surface area contributed by atoms with Gasteiger partial charge in [-0.3, -0.25) is 4.79 Å². The Morgan fingerprint density at radius 2 is 2.11 bits per heavy atom. The SMILES string of the molecule is O=C(NCCCOCCCl)C1CC1c1ccccc1. The lowest BCUT2D eigenvalue weighted by atomic mass is 10.1. The highest BCUT2D eigenvalue weighted by atomic mass is 35.5. The summed E-state index contributed by atoms with van der Waals surface area (Å²) in [6, 6.07) is 10.2. The van der Waals surface area contributed by atoms with E-state index >= 15 is 0 Å². The molecular weight excluding hydrogens is 262 g/mol. The van der Waals surface area contributed by atoms with Gasteiger partial charge in [0.1, 0.15) is 0 Å². The molecule has 1 aromatic carbocycles. The molecule has 1 N–H and O–H groups in total. The van der Waals surface area contributed by atoms with Gasteiger partial charge in [0.05, 0.1) is 6.61 Å². The fraction of sp³-hybridized carbons (Fsp3) is 0.533. The van der Waals surface area contributed by atoms with Crippen LogP contribution in [0.4, 0.5) is 0 Å². The van der Waals surface area contributed by atoms with Crippen molar-refractivity contribution in [2.75, 3.05) is 25.6 Å². The molecule has 4 heteroatoms. The number of benzene rings is 1. The van der Waals surface area contributed by atoms with Crippen molar-refractivity contribution < 1.29 is 9.53 Å². The average Bonchev–Trinajstić information content (AvgIpc) is 3.24. The van der Waals surface area contributed by atoms with E-state index in [-0.39, 0.29) is 11.8 Å². The molecule has 3 nitrogen and oxygen atoms in total. The van der Waals surface area contributed by atoms with Gasteiger partial charge < -0.3 is 10.1 Å². The third-order valence-corrected chi connectivity index (χ3v) is 3.50. The van der Waals surface area contributed by atoms with Crippen LogP contribution in [0.15, 0.2) is 30.3 Å². The van der Waals surface area contributed by atoms with E-state index in [9.17, 15) is 4.79 Å². The lowest BCUT2D eigenvalue weighted by Crippen LogP contribution is -2.27. The number of rotatable bonds is 8. The van der Waals surface area contributed by atoms with E-state index in [1.165, 1.54) is 5.56 Å². The minimum atomic E-state index is 0.158. The van der Waals surface area contributed by atoms with Gasteiger partial charge in [-0.15, -0.1) is 11.6 Å². The number of carbonyl (C=O) groups excluding carboxylic acids is 1. The summed E-state index contributed by atoms with van der Waals surface area (Å²) in [7, 11) is 0. The van der Waals surface area contributed by atoms with Crippen molar-refractivity contribution in [1.29, 1.82) is 0 Å². The molecule has 0 aromatic heterocycles. The Morgan fingerprint density at radius 3 is 2.84 bits per heavy atom. The number of hydrogen-bond acceptors (Lipinski definition) is 2. The van der Waals surface area contributed by atoms with E-state index in [1.807, 2.05) is 18.2 Å². The second kappa shape index (κ2) is 7.51. The Balaban J connectivity index is 1.61. The van der Waals surface area contributed by atoms with Crippen molar-refractivity contribution in [3.8, 4) is 0 Å².